The van der Waals surface area contributed by atoms with Gasteiger partial charge in [0.1, 0.15) is 0 Å². The van der Waals surface area contributed by atoms with Crippen LogP contribution in [0.2, 0.25) is 0 Å². The first-order valence-electron chi connectivity index (χ1n) is 2.41. The van der Waals surface area contributed by atoms with Gasteiger partial charge in [0.05, 0.1) is 0 Å². The Bertz CT molecular complexity index is 127. The SMILES string of the molecule is S=C([S-])N1CC=CC1.[K+]. The summed E-state index contributed by atoms with van der Waals surface area (Å²) in [5, 5.41) is 0. The average molecular weight is 183 g/mol. The van der Waals surface area contributed by atoms with Gasteiger partial charge in [0.15, 0.2) is 0 Å². The van der Waals surface area contributed by atoms with Crippen LogP contribution in [0.1, 0.15) is 0 Å². The van der Waals surface area contributed by atoms with Crippen LogP contribution >= 0.6 is 12.2 Å². The second-order valence-corrected chi connectivity index (χ2v) is 2.67. The van der Waals surface area contributed by atoms with Crippen molar-refractivity contribution in [1.29, 1.82) is 0 Å². The maximum Gasteiger partial charge on any atom is 1.00 e. The first kappa shape index (κ1) is 10.5. The Balaban J connectivity index is 0.000000640. The third kappa shape index (κ3) is 3.41. The summed E-state index contributed by atoms with van der Waals surface area (Å²) in [6.45, 7) is 1.81. The summed E-state index contributed by atoms with van der Waals surface area (Å²) in [5.74, 6) is 0. The van der Waals surface area contributed by atoms with Crippen LogP contribution in [0.15, 0.2) is 12.2 Å². The normalized spacial score (nSPS) is 15.3. The van der Waals surface area contributed by atoms with E-state index in [1.54, 1.807) is 0 Å². The van der Waals surface area contributed by atoms with Crippen molar-refractivity contribution in [3.05, 3.63) is 12.2 Å². The first-order valence-corrected chi connectivity index (χ1v) is 3.23. The Kier molecular flexibility index (Phi) is 6.03. The summed E-state index contributed by atoms with van der Waals surface area (Å²) in [4.78, 5) is 1.96. The van der Waals surface area contributed by atoms with E-state index in [2.05, 4.69) is 12.2 Å². The maximum atomic E-state index is 4.76. The van der Waals surface area contributed by atoms with Crippen molar-refractivity contribution in [2.24, 2.45) is 0 Å². The quantitative estimate of drug-likeness (QED) is 0.180. The van der Waals surface area contributed by atoms with E-state index in [4.69, 9.17) is 24.8 Å². The molecule has 0 fully saturated rings. The Labute approximate surface area is 109 Å². The van der Waals surface area contributed by atoms with Crippen LogP contribution in [0.4, 0.5) is 0 Å². The molecule has 4 heteroatoms. The Morgan fingerprint density at radius 1 is 1.44 bits per heavy atom. The maximum absolute atomic E-state index is 4.76. The van der Waals surface area contributed by atoms with Crippen molar-refractivity contribution >= 4 is 29.2 Å². The van der Waals surface area contributed by atoms with Crippen LogP contribution in [-0.4, -0.2) is 22.3 Å². The van der Waals surface area contributed by atoms with Crippen molar-refractivity contribution in [2.75, 3.05) is 13.1 Å². The summed E-state index contributed by atoms with van der Waals surface area (Å²) < 4.78 is 0.579. The topological polar surface area (TPSA) is 3.24 Å². The summed E-state index contributed by atoms with van der Waals surface area (Å²) in [6.07, 6.45) is 4.14. The van der Waals surface area contributed by atoms with E-state index in [-0.39, 0.29) is 51.4 Å². The minimum absolute atomic E-state index is 0. The van der Waals surface area contributed by atoms with Gasteiger partial charge < -0.3 is 29.7 Å². The van der Waals surface area contributed by atoms with Crippen molar-refractivity contribution in [1.82, 2.24) is 4.90 Å². The third-order valence-electron chi connectivity index (χ3n) is 1.08. The summed E-state index contributed by atoms with van der Waals surface area (Å²) in [6, 6.07) is 0. The molecular weight excluding hydrogens is 177 g/mol. The van der Waals surface area contributed by atoms with Crippen LogP contribution in [0.25, 0.3) is 0 Å². The second kappa shape index (κ2) is 5.18. The Hall–Kier alpha value is 1.49. The van der Waals surface area contributed by atoms with Crippen LogP contribution in [0, 0.1) is 0 Å². The van der Waals surface area contributed by atoms with E-state index >= 15 is 0 Å². The van der Waals surface area contributed by atoms with Crippen LogP contribution < -0.4 is 51.4 Å². The monoisotopic (exact) mass is 183 g/mol. The Morgan fingerprint density at radius 2 is 1.89 bits per heavy atom. The van der Waals surface area contributed by atoms with Gasteiger partial charge in [-0.3, -0.25) is 0 Å². The number of hydrogen-bond acceptors (Lipinski definition) is 2. The molecule has 0 unspecified atom stereocenters. The Morgan fingerprint density at radius 3 is 2.11 bits per heavy atom. The zero-order chi connectivity index (χ0) is 5.98. The molecular formula is C5H6KNS2. The minimum atomic E-state index is 0. The summed E-state index contributed by atoms with van der Waals surface area (Å²) in [7, 11) is 0. The number of nitrogens with zero attached hydrogens (tertiary/aromatic N) is 1. The predicted molar refractivity (Wildman–Crippen MR) is 40.7 cm³/mol. The number of thiocarbonyl (C=S) groups is 1. The molecule has 44 valence electrons. The van der Waals surface area contributed by atoms with E-state index in [9.17, 15) is 0 Å². The first-order chi connectivity index (χ1) is 3.80. The van der Waals surface area contributed by atoms with Gasteiger partial charge >= 0.3 is 51.4 Å². The fourth-order valence-corrected chi connectivity index (χ4v) is 0.925. The molecule has 1 heterocycles. The molecule has 0 radical (unpaired) electrons. The molecule has 0 N–H and O–H groups in total. The van der Waals surface area contributed by atoms with E-state index in [1.807, 2.05) is 4.90 Å². The van der Waals surface area contributed by atoms with Gasteiger partial charge in [-0.25, -0.2) is 0 Å². The fourth-order valence-electron chi connectivity index (χ4n) is 0.627. The molecule has 0 saturated carbocycles. The van der Waals surface area contributed by atoms with E-state index in [0.29, 0.717) is 4.32 Å². The molecule has 1 aliphatic rings. The molecule has 9 heavy (non-hydrogen) atoms. The molecule has 0 aromatic heterocycles. The smallest absolute Gasteiger partial charge is 0.411 e. The van der Waals surface area contributed by atoms with E-state index < -0.39 is 0 Å². The third-order valence-corrected chi connectivity index (χ3v) is 1.59. The van der Waals surface area contributed by atoms with Gasteiger partial charge in [-0.1, -0.05) is 16.5 Å². The molecule has 0 amide bonds. The summed E-state index contributed by atoms with van der Waals surface area (Å²) >= 11 is 9.51. The standard InChI is InChI=1S/C5H7NS2.K/c7-5(8)6-3-1-2-4-6;/h1-2H,3-4H2,(H,7,8);/q;+1/p-1. The van der Waals surface area contributed by atoms with Crippen LogP contribution in [-0.2, 0) is 12.6 Å². The van der Waals surface area contributed by atoms with Crippen molar-refractivity contribution in [2.45, 2.75) is 0 Å². The molecule has 0 aromatic rings. The number of rotatable bonds is 0. The predicted octanol–water partition coefficient (Wildman–Crippen LogP) is -2.31. The van der Waals surface area contributed by atoms with Gasteiger partial charge in [-0.2, -0.15) is 0 Å². The molecule has 1 nitrogen and oxygen atoms in total. The fraction of sp³-hybridized carbons (Fsp3) is 0.400. The molecule has 1 aliphatic heterocycles. The van der Waals surface area contributed by atoms with Crippen LogP contribution in [0.5, 0.6) is 0 Å². The summed E-state index contributed by atoms with van der Waals surface area (Å²) in [5.41, 5.74) is 0. The second-order valence-electron chi connectivity index (χ2n) is 1.64. The van der Waals surface area contributed by atoms with Crippen LogP contribution in [0.3, 0.4) is 0 Å². The van der Waals surface area contributed by atoms with Crippen molar-refractivity contribution in [3.63, 3.8) is 0 Å². The van der Waals surface area contributed by atoms with E-state index in [1.165, 1.54) is 0 Å². The zero-order valence-corrected chi connectivity index (χ0v) is 10.1. The molecule has 0 spiro atoms. The average Bonchev–Trinajstić information content (AvgIpc) is 2.12. The zero-order valence-electron chi connectivity index (χ0n) is 5.33. The van der Waals surface area contributed by atoms with Gasteiger partial charge in [0.2, 0.25) is 0 Å². The minimum Gasteiger partial charge on any atom is -0.411 e. The largest absolute Gasteiger partial charge is 1.00 e. The van der Waals surface area contributed by atoms with Gasteiger partial charge in [0.25, 0.3) is 0 Å². The molecule has 0 saturated heterocycles. The molecule has 0 bridgehead atoms. The van der Waals surface area contributed by atoms with Gasteiger partial charge in [-0.05, 0) is 0 Å². The van der Waals surface area contributed by atoms with Crippen molar-refractivity contribution < 1.29 is 51.4 Å². The van der Waals surface area contributed by atoms with Gasteiger partial charge in [-0.15, -0.1) is 0 Å². The molecule has 0 aliphatic carbocycles. The van der Waals surface area contributed by atoms with Gasteiger partial charge in [0, 0.05) is 13.1 Å². The molecule has 0 atom stereocenters. The van der Waals surface area contributed by atoms with Crippen molar-refractivity contribution in [3.8, 4) is 0 Å². The number of hydrogen-bond donors (Lipinski definition) is 0. The molecule has 1 rings (SSSR count). The molecule has 0 aromatic carbocycles. The van der Waals surface area contributed by atoms with E-state index in [0.717, 1.165) is 13.1 Å².